The predicted octanol–water partition coefficient (Wildman–Crippen LogP) is 2.57. The molecule has 2 aromatic rings. The first-order chi connectivity index (χ1) is 7.95. The second kappa shape index (κ2) is 4.12. The summed E-state index contributed by atoms with van der Waals surface area (Å²) in [6.45, 7) is 5.71. The molecule has 0 spiro atoms. The number of nitrogens with zero attached hydrogens (tertiary/aromatic N) is 2. The fraction of sp³-hybridized carbons (Fsp3) is 0.455. The number of aromatic nitrogens is 2. The van der Waals surface area contributed by atoms with E-state index in [1.54, 1.807) is 7.11 Å². The molecule has 0 aliphatic rings. The fourth-order valence-electron chi connectivity index (χ4n) is 1.27. The van der Waals surface area contributed by atoms with Gasteiger partial charge in [0, 0.05) is 7.11 Å². The van der Waals surface area contributed by atoms with Gasteiger partial charge in [0.25, 0.3) is 5.89 Å². The Hall–Kier alpha value is -1.40. The summed E-state index contributed by atoms with van der Waals surface area (Å²) in [6.07, 6.45) is 0. The van der Waals surface area contributed by atoms with Gasteiger partial charge >= 0.3 is 0 Å². The Bertz CT molecular complexity index is 531. The topological polar surface area (TPSA) is 74.2 Å². The van der Waals surface area contributed by atoms with Gasteiger partial charge in [0.2, 0.25) is 5.82 Å². The zero-order valence-electron chi connectivity index (χ0n) is 10.3. The molecule has 0 saturated heterocycles. The van der Waals surface area contributed by atoms with Gasteiger partial charge in [0.15, 0.2) is 0 Å². The van der Waals surface area contributed by atoms with Crippen molar-refractivity contribution in [1.82, 2.24) is 10.1 Å². The summed E-state index contributed by atoms with van der Waals surface area (Å²) in [6, 6.07) is 0. The zero-order valence-corrected chi connectivity index (χ0v) is 11.1. The molecule has 0 saturated carbocycles. The van der Waals surface area contributed by atoms with Gasteiger partial charge in [0.1, 0.15) is 10.5 Å². The molecule has 0 atom stereocenters. The molecule has 0 unspecified atom stereocenters. The van der Waals surface area contributed by atoms with E-state index in [4.69, 9.17) is 15.0 Å². The molecule has 2 heterocycles. The van der Waals surface area contributed by atoms with Crippen LogP contribution in [-0.4, -0.2) is 17.3 Å². The van der Waals surface area contributed by atoms with Gasteiger partial charge in [-0.1, -0.05) is 5.16 Å². The van der Waals surface area contributed by atoms with E-state index in [1.807, 2.05) is 26.2 Å². The van der Waals surface area contributed by atoms with Gasteiger partial charge in [-0.05, 0) is 31.7 Å². The first-order valence-electron chi connectivity index (χ1n) is 5.19. The van der Waals surface area contributed by atoms with E-state index in [1.165, 1.54) is 11.3 Å². The Morgan fingerprint density at radius 2 is 2.18 bits per heavy atom. The molecule has 17 heavy (non-hydrogen) atoms. The van der Waals surface area contributed by atoms with Crippen LogP contribution in [0.5, 0.6) is 0 Å². The van der Waals surface area contributed by atoms with Gasteiger partial charge in [0.05, 0.1) is 5.69 Å². The van der Waals surface area contributed by atoms with E-state index in [0.29, 0.717) is 17.4 Å². The number of nitrogens with two attached hydrogens (primary N) is 1. The van der Waals surface area contributed by atoms with Crippen LogP contribution in [0.2, 0.25) is 0 Å². The van der Waals surface area contributed by atoms with Crippen molar-refractivity contribution in [2.45, 2.75) is 26.4 Å². The van der Waals surface area contributed by atoms with Gasteiger partial charge in [-0.2, -0.15) is 4.98 Å². The lowest BCUT2D eigenvalue weighted by Gasteiger charge is -2.17. The summed E-state index contributed by atoms with van der Waals surface area (Å²) in [5, 5.41) is 5.89. The second-order valence-corrected chi connectivity index (χ2v) is 5.18. The van der Waals surface area contributed by atoms with Crippen molar-refractivity contribution >= 4 is 17.0 Å². The number of rotatable bonds is 3. The molecule has 2 rings (SSSR count). The van der Waals surface area contributed by atoms with Gasteiger partial charge in [-0.3, -0.25) is 0 Å². The van der Waals surface area contributed by atoms with Crippen LogP contribution in [0.4, 0.5) is 5.69 Å². The maximum atomic E-state index is 5.94. The first-order valence-corrected chi connectivity index (χ1v) is 6.07. The summed E-state index contributed by atoms with van der Waals surface area (Å²) in [4.78, 5) is 5.14. The van der Waals surface area contributed by atoms with E-state index < -0.39 is 5.60 Å². The summed E-state index contributed by atoms with van der Waals surface area (Å²) >= 11 is 1.50. The van der Waals surface area contributed by atoms with Crippen LogP contribution in [0.25, 0.3) is 10.8 Å². The van der Waals surface area contributed by atoms with Crippen molar-refractivity contribution in [3.05, 3.63) is 16.8 Å². The Balaban J connectivity index is 2.40. The largest absolute Gasteiger partial charge is 0.397 e. The Kier molecular flexibility index (Phi) is 2.92. The molecule has 2 aromatic heterocycles. The summed E-state index contributed by atoms with van der Waals surface area (Å²) in [5.74, 6) is 0.959. The number of hydrogen-bond donors (Lipinski definition) is 1. The van der Waals surface area contributed by atoms with E-state index >= 15 is 0 Å². The number of thiophene rings is 1. The number of methoxy groups -OCH3 is 1. The van der Waals surface area contributed by atoms with E-state index in [9.17, 15) is 0 Å². The van der Waals surface area contributed by atoms with E-state index in [-0.39, 0.29) is 0 Å². The molecular formula is C11H15N3O2S. The Labute approximate surface area is 104 Å². The van der Waals surface area contributed by atoms with Crippen LogP contribution in [0.3, 0.4) is 0 Å². The van der Waals surface area contributed by atoms with Crippen LogP contribution >= 0.6 is 11.3 Å². The van der Waals surface area contributed by atoms with Crippen LogP contribution in [0.15, 0.2) is 9.90 Å². The summed E-state index contributed by atoms with van der Waals surface area (Å²) in [5.41, 5.74) is 7.09. The van der Waals surface area contributed by atoms with E-state index in [0.717, 1.165) is 10.4 Å². The number of nitrogen functional groups attached to an aromatic ring is 1. The average molecular weight is 253 g/mol. The maximum absolute atomic E-state index is 5.94. The molecule has 92 valence electrons. The lowest BCUT2D eigenvalue weighted by molar-refractivity contribution is 0.00973. The fourth-order valence-corrected chi connectivity index (χ4v) is 2.16. The first kappa shape index (κ1) is 12.1. The van der Waals surface area contributed by atoms with Crippen LogP contribution < -0.4 is 5.73 Å². The minimum Gasteiger partial charge on any atom is -0.397 e. The highest BCUT2D eigenvalue weighted by atomic mass is 32.1. The third-order valence-electron chi connectivity index (χ3n) is 2.69. The van der Waals surface area contributed by atoms with Crippen LogP contribution in [0.1, 0.15) is 25.2 Å². The second-order valence-electron chi connectivity index (χ2n) is 4.30. The summed E-state index contributed by atoms with van der Waals surface area (Å²) in [7, 11) is 1.61. The highest BCUT2D eigenvalue weighted by Crippen LogP contribution is 2.34. The molecular weight excluding hydrogens is 238 g/mol. The quantitative estimate of drug-likeness (QED) is 0.910. The Morgan fingerprint density at radius 1 is 1.47 bits per heavy atom. The van der Waals surface area contributed by atoms with Crippen molar-refractivity contribution in [3.63, 3.8) is 0 Å². The number of hydrogen-bond acceptors (Lipinski definition) is 6. The van der Waals surface area contributed by atoms with Gasteiger partial charge < -0.3 is 15.0 Å². The van der Waals surface area contributed by atoms with Gasteiger partial charge in [-0.15, -0.1) is 11.3 Å². The number of ether oxygens (including phenoxy) is 1. The third-order valence-corrected chi connectivity index (χ3v) is 3.79. The molecule has 0 radical (unpaired) electrons. The highest BCUT2D eigenvalue weighted by molar-refractivity contribution is 7.14. The van der Waals surface area contributed by atoms with Crippen molar-refractivity contribution in [3.8, 4) is 10.8 Å². The molecule has 0 aliphatic heterocycles. The third kappa shape index (κ3) is 2.05. The van der Waals surface area contributed by atoms with E-state index in [2.05, 4.69) is 10.1 Å². The molecule has 0 aliphatic carbocycles. The van der Waals surface area contributed by atoms with Crippen molar-refractivity contribution < 1.29 is 9.26 Å². The van der Waals surface area contributed by atoms with Crippen LogP contribution in [0, 0.1) is 6.92 Å². The zero-order chi connectivity index (χ0) is 12.6. The minimum absolute atomic E-state index is 0.445. The average Bonchev–Trinajstić information content (AvgIpc) is 2.88. The van der Waals surface area contributed by atoms with Gasteiger partial charge in [-0.25, -0.2) is 0 Å². The standard InChI is InChI=1S/C11H15N3O2S/c1-6-5-17-8(7(6)12)9-13-10(14-16-9)11(2,3)15-4/h5H,12H2,1-4H3. The smallest absolute Gasteiger partial charge is 0.270 e. The maximum Gasteiger partial charge on any atom is 0.270 e. The Morgan fingerprint density at radius 3 is 2.71 bits per heavy atom. The predicted molar refractivity (Wildman–Crippen MR) is 66.8 cm³/mol. The lowest BCUT2D eigenvalue weighted by Crippen LogP contribution is -2.21. The molecule has 0 aromatic carbocycles. The molecule has 2 N–H and O–H groups in total. The lowest BCUT2D eigenvalue weighted by atomic mass is 10.1. The molecule has 0 amide bonds. The SMILES string of the molecule is COC(C)(C)c1noc(-c2scc(C)c2N)n1. The number of anilines is 1. The molecule has 6 heteroatoms. The van der Waals surface area contributed by atoms with Crippen molar-refractivity contribution in [2.24, 2.45) is 0 Å². The van der Waals surface area contributed by atoms with Crippen molar-refractivity contribution in [2.75, 3.05) is 12.8 Å². The normalized spacial score (nSPS) is 12.0. The molecule has 5 nitrogen and oxygen atoms in total. The highest BCUT2D eigenvalue weighted by Gasteiger charge is 2.27. The number of aryl methyl sites for hydroxylation is 1. The van der Waals surface area contributed by atoms with Crippen LogP contribution in [-0.2, 0) is 10.3 Å². The summed E-state index contributed by atoms with van der Waals surface area (Å²) < 4.78 is 10.5. The minimum atomic E-state index is -0.567. The van der Waals surface area contributed by atoms with Crippen molar-refractivity contribution in [1.29, 1.82) is 0 Å². The molecule has 0 bridgehead atoms. The molecule has 0 fully saturated rings. The monoisotopic (exact) mass is 253 g/mol.